The minimum atomic E-state index is 0.583. The van der Waals surface area contributed by atoms with Crippen molar-refractivity contribution in [1.29, 1.82) is 0 Å². The van der Waals surface area contributed by atoms with E-state index in [0.717, 1.165) is 5.92 Å². The third-order valence-electron chi connectivity index (χ3n) is 1.80. The fraction of sp³-hybridized carbons (Fsp3) is 0.778. The van der Waals surface area contributed by atoms with Crippen LogP contribution in [0, 0.1) is 18.4 Å². The van der Waals surface area contributed by atoms with E-state index in [-0.39, 0.29) is 0 Å². The highest BCUT2D eigenvalue weighted by Gasteiger charge is 2.01. The molecule has 0 amide bonds. The highest BCUT2D eigenvalue weighted by atomic mass is 14.1. The first-order chi connectivity index (χ1) is 4.20. The van der Waals surface area contributed by atoms with E-state index >= 15 is 0 Å². The maximum absolute atomic E-state index is 5.35. The number of allylic oxidation sites excluding steroid dienone is 1. The standard InChI is InChI=1S/C9H17/c1-5-8(3)7-9(4)6-2/h1,5,8-9H,6-7H2,2-4H3. The van der Waals surface area contributed by atoms with Crippen LogP contribution in [0.15, 0.2) is 6.08 Å². The summed E-state index contributed by atoms with van der Waals surface area (Å²) < 4.78 is 0. The Labute approximate surface area is 59.0 Å². The Morgan fingerprint density at radius 1 is 1.44 bits per heavy atom. The van der Waals surface area contributed by atoms with Crippen molar-refractivity contribution in [1.82, 2.24) is 0 Å². The monoisotopic (exact) mass is 125 g/mol. The van der Waals surface area contributed by atoms with Gasteiger partial charge in [0.15, 0.2) is 0 Å². The predicted molar refractivity (Wildman–Crippen MR) is 42.1 cm³/mol. The van der Waals surface area contributed by atoms with Crippen LogP contribution < -0.4 is 0 Å². The molecule has 0 spiro atoms. The van der Waals surface area contributed by atoms with Gasteiger partial charge in [-0.05, 0) is 18.3 Å². The van der Waals surface area contributed by atoms with Crippen LogP contribution in [-0.2, 0) is 0 Å². The van der Waals surface area contributed by atoms with Gasteiger partial charge in [0.25, 0.3) is 0 Å². The molecule has 0 saturated carbocycles. The molecule has 0 bridgehead atoms. The van der Waals surface area contributed by atoms with Crippen LogP contribution in [-0.4, -0.2) is 0 Å². The summed E-state index contributed by atoms with van der Waals surface area (Å²) in [5.74, 6) is 1.40. The maximum atomic E-state index is 5.35. The van der Waals surface area contributed by atoms with Gasteiger partial charge in [0, 0.05) is 0 Å². The van der Waals surface area contributed by atoms with E-state index in [1.54, 1.807) is 6.08 Å². The summed E-state index contributed by atoms with van der Waals surface area (Å²) in [6.45, 7) is 12.0. The van der Waals surface area contributed by atoms with Crippen LogP contribution in [0.1, 0.15) is 33.6 Å². The van der Waals surface area contributed by atoms with E-state index in [0.29, 0.717) is 5.92 Å². The molecule has 0 aromatic rings. The van der Waals surface area contributed by atoms with Gasteiger partial charge >= 0.3 is 0 Å². The summed E-state index contributed by atoms with van der Waals surface area (Å²) in [6, 6.07) is 0. The van der Waals surface area contributed by atoms with E-state index in [2.05, 4.69) is 20.8 Å². The summed E-state index contributed by atoms with van der Waals surface area (Å²) in [4.78, 5) is 0. The molecule has 0 heteroatoms. The van der Waals surface area contributed by atoms with E-state index in [1.165, 1.54) is 12.8 Å². The zero-order valence-electron chi connectivity index (χ0n) is 6.72. The molecule has 1 radical (unpaired) electrons. The van der Waals surface area contributed by atoms with E-state index in [9.17, 15) is 0 Å². The molecule has 0 aliphatic heterocycles. The number of hydrogen-bond acceptors (Lipinski definition) is 0. The Morgan fingerprint density at radius 3 is 2.33 bits per heavy atom. The molecule has 0 aromatic heterocycles. The second-order valence-corrected chi connectivity index (χ2v) is 2.92. The lowest BCUT2D eigenvalue weighted by Gasteiger charge is -2.10. The molecule has 0 aliphatic rings. The largest absolute Gasteiger partial charge is 0.0817 e. The minimum absolute atomic E-state index is 0.583. The van der Waals surface area contributed by atoms with Gasteiger partial charge in [-0.1, -0.05) is 39.8 Å². The Kier molecular flexibility index (Phi) is 4.47. The summed E-state index contributed by atoms with van der Waals surface area (Å²) in [5.41, 5.74) is 0. The van der Waals surface area contributed by atoms with Gasteiger partial charge in [-0.3, -0.25) is 0 Å². The third-order valence-corrected chi connectivity index (χ3v) is 1.80. The molecular weight excluding hydrogens is 108 g/mol. The molecule has 0 saturated heterocycles. The molecule has 9 heavy (non-hydrogen) atoms. The zero-order valence-corrected chi connectivity index (χ0v) is 6.72. The number of rotatable bonds is 4. The van der Waals surface area contributed by atoms with Crippen molar-refractivity contribution in [2.24, 2.45) is 11.8 Å². The molecule has 0 heterocycles. The van der Waals surface area contributed by atoms with Crippen molar-refractivity contribution >= 4 is 0 Å². The lowest BCUT2D eigenvalue weighted by Crippen LogP contribution is -1.98. The van der Waals surface area contributed by atoms with Crippen molar-refractivity contribution in [2.45, 2.75) is 33.6 Å². The zero-order chi connectivity index (χ0) is 7.28. The van der Waals surface area contributed by atoms with Crippen LogP contribution in [0.4, 0.5) is 0 Å². The van der Waals surface area contributed by atoms with Crippen LogP contribution in [0.25, 0.3) is 0 Å². The Balaban J connectivity index is 3.33. The van der Waals surface area contributed by atoms with Gasteiger partial charge in [-0.2, -0.15) is 0 Å². The predicted octanol–water partition coefficient (Wildman–Crippen LogP) is 3.05. The van der Waals surface area contributed by atoms with E-state index in [4.69, 9.17) is 6.58 Å². The average Bonchev–Trinajstić information content (AvgIpc) is 1.87. The summed E-state index contributed by atoms with van der Waals surface area (Å²) in [5, 5.41) is 0. The molecule has 0 nitrogen and oxygen atoms in total. The SMILES string of the molecule is [CH]=CC(C)CC(C)CC. The molecule has 0 N–H and O–H groups in total. The molecule has 2 atom stereocenters. The van der Waals surface area contributed by atoms with Crippen molar-refractivity contribution in [3.05, 3.63) is 12.7 Å². The quantitative estimate of drug-likeness (QED) is 0.541. The molecule has 0 rings (SSSR count). The van der Waals surface area contributed by atoms with Crippen LogP contribution >= 0.6 is 0 Å². The minimum Gasteiger partial charge on any atom is -0.0817 e. The Hall–Kier alpha value is -0.260. The van der Waals surface area contributed by atoms with Crippen molar-refractivity contribution in [2.75, 3.05) is 0 Å². The first-order valence-electron chi connectivity index (χ1n) is 3.75. The lowest BCUT2D eigenvalue weighted by molar-refractivity contribution is 0.455. The van der Waals surface area contributed by atoms with Gasteiger partial charge in [-0.25, -0.2) is 0 Å². The summed E-state index contributed by atoms with van der Waals surface area (Å²) in [6.07, 6.45) is 4.28. The second kappa shape index (κ2) is 4.60. The van der Waals surface area contributed by atoms with Crippen LogP contribution in [0.2, 0.25) is 0 Å². The topological polar surface area (TPSA) is 0 Å². The smallest absolute Gasteiger partial charge is 0.0256 e. The fourth-order valence-corrected chi connectivity index (χ4v) is 0.880. The normalized spacial score (nSPS) is 16.8. The highest BCUT2D eigenvalue weighted by Crippen LogP contribution is 2.14. The average molecular weight is 125 g/mol. The summed E-state index contributed by atoms with van der Waals surface area (Å²) >= 11 is 0. The van der Waals surface area contributed by atoms with Crippen molar-refractivity contribution in [3.8, 4) is 0 Å². The Morgan fingerprint density at radius 2 is 2.00 bits per heavy atom. The molecule has 2 unspecified atom stereocenters. The highest BCUT2D eigenvalue weighted by molar-refractivity contribution is 4.73. The maximum Gasteiger partial charge on any atom is -0.0256 e. The lowest BCUT2D eigenvalue weighted by atomic mass is 9.96. The van der Waals surface area contributed by atoms with E-state index in [1.807, 2.05) is 0 Å². The van der Waals surface area contributed by atoms with Gasteiger partial charge in [0.2, 0.25) is 0 Å². The molecule has 0 fully saturated rings. The van der Waals surface area contributed by atoms with Crippen LogP contribution in [0.5, 0.6) is 0 Å². The first kappa shape index (κ1) is 8.74. The molecule has 0 aliphatic carbocycles. The van der Waals surface area contributed by atoms with Crippen LogP contribution in [0.3, 0.4) is 0 Å². The fourth-order valence-electron chi connectivity index (χ4n) is 0.880. The third kappa shape index (κ3) is 4.26. The number of hydrogen-bond donors (Lipinski definition) is 0. The van der Waals surface area contributed by atoms with Crippen molar-refractivity contribution in [3.63, 3.8) is 0 Å². The molecule has 53 valence electrons. The van der Waals surface area contributed by atoms with Gasteiger partial charge in [0.05, 0.1) is 0 Å². The first-order valence-corrected chi connectivity index (χ1v) is 3.75. The van der Waals surface area contributed by atoms with Gasteiger partial charge in [0.1, 0.15) is 0 Å². The van der Waals surface area contributed by atoms with Gasteiger partial charge in [-0.15, -0.1) is 0 Å². The van der Waals surface area contributed by atoms with E-state index < -0.39 is 0 Å². The Bertz CT molecular complexity index is 74.1. The molecular formula is C9H17. The second-order valence-electron chi connectivity index (χ2n) is 2.92. The molecule has 0 aromatic carbocycles. The van der Waals surface area contributed by atoms with Crippen molar-refractivity contribution < 1.29 is 0 Å². The van der Waals surface area contributed by atoms with Gasteiger partial charge < -0.3 is 0 Å². The summed E-state index contributed by atoms with van der Waals surface area (Å²) in [7, 11) is 0.